The van der Waals surface area contributed by atoms with Crippen LogP contribution in [0.25, 0.3) is 11.1 Å². The van der Waals surface area contributed by atoms with Gasteiger partial charge in [-0.25, -0.2) is 17.9 Å². The first kappa shape index (κ1) is 24.7. The summed E-state index contributed by atoms with van der Waals surface area (Å²) in [7, 11) is -4.09. The molecule has 0 aromatic heterocycles. The maximum Gasteiger partial charge on any atom is 0.421 e. The lowest BCUT2D eigenvalue weighted by Gasteiger charge is -2.15. The van der Waals surface area contributed by atoms with Crippen LogP contribution in [-0.4, -0.2) is 27.2 Å². The average molecular weight is 447 g/mol. The first-order valence-corrected chi connectivity index (χ1v) is 12.3. The summed E-state index contributed by atoms with van der Waals surface area (Å²) in [5.41, 5.74) is 3.32. The summed E-state index contributed by atoms with van der Waals surface area (Å²) in [5, 5.41) is 3.32. The SMILES string of the molecule is CCCCOC(=O)NS(=O)(=O)c1ccc(CC(C)C)cc1-c1ccc(NC(C)C)cc1. The van der Waals surface area contributed by atoms with E-state index in [2.05, 4.69) is 33.0 Å². The van der Waals surface area contributed by atoms with Crippen molar-refractivity contribution in [1.82, 2.24) is 4.72 Å². The van der Waals surface area contributed by atoms with Crippen LogP contribution >= 0.6 is 0 Å². The highest BCUT2D eigenvalue weighted by molar-refractivity contribution is 7.90. The van der Waals surface area contributed by atoms with Gasteiger partial charge in [0.15, 0.2) is 0 Å². The largest absolute Gasteiger partial charge is 0.449 e. The molecule has 0 aliphatic heterocycles. The summed E-state index contributed by atoms with van der Waals surface area (Å²) in [4.78, 5) is 12.0. The lowest BCUT2D eigenvalue weighted by atomic mass is 9.97. The molecule has 0 radical (unpaired) electrons. The van der Waals surface area contributed by atoms with Crippen LogP contribution in [0.3, 0.4) is 0 Å². The molecule has 0 aliphatic carbocycles. The van der Waals surface area contributed by atoms with Gasteiger partial charge in [0, 0.05) is 17.3 Å². The zero-order valence-electron chi connectivity index (χ0n) is 19.1. The van der Waals surface area contributed by atoms with Crippen molar-refractivity contribution in [1.29, 1.82) is 0 Å². The maximum atomic E-state index is 13.0. The van der Waals surface area contributed by atoms with E-state index in [1.54, 1.807) is 12.1 Å². The summed E-state index contributed by atoms with van der Waals surface area (Å²) in [6, 6.07) is 13.2. The average Bonchev–Trinajstić information content (AvgIpc) is 2.67. The number of benzene rings is 2. The smallest absolute Gasteiger partial charge is 0.421 e. The van der Waals surface area contributed by atoms with Crippen molar-refractivity contribution in [3.8, 4) is 11.1 Å². The Bertz CT molecular complexity index is 968. The van der Waals surface area contributed by atoms with Gasteiger partial charge in [-0.1, -0.05) is 45.4 Å². The van der Waals surface area contributed by atoms with Crippen LogP contribution in [0.4, 0.5) is 10.5 Å². The van der Waals surface area contributed by atoms with Gasteiger partial charge in [0.05, 0.1) is 11.5 Å². The van der Waals surface area contributed by atoms with E-state index in [0.29, 0.717) is 23.9 Å². The third-order valence-corrected chi connectivity index (χ3v) is 5.95. The molecular formula is C24H34N2O4S. The van der Waals surface area contributed by atoms with E-state index in [1.165, 1.54) is 0 Å². The second kappa shape index (κ2) is 11.2. The van der Waals surface area contributed by atoms with Gasteiger partial charge < -0.3 is 10.1 Å². The number of carbonyl (C=O) groups excluding carboxylic acids is 1. The number of hydrogen-bond donors (Lipinski definition) is 2. The molecule has 0 heterocycles. The van der Waals surface area contributed by atoms with Crippen molar-refractivity contribution in [2.75, 3.05) is 11.9 Å². The Morgan fingerprint density at radius 1 is 1.03 bits per heavy atom. The highest BCUT2D eigenvalue weighted by Gasteiger charge is 2.23. The Kier molecular flexibility index (Phi) is 8.92. The lowest BCUT2D eigenvalue weighted by molar-refractivity contribution is 0.151. The van der Waals surface area contributed by atoms with Gasteiger partial charge in [-0.15, -0.1) is 0 Å². The summed E-state index contributed by atoms with van der Waals surface area (Å²) < 4.78 is 33.0. The molecule has 0 saturated heterocycles. The summed E-state index contributed by atoms with van der Waals surface area (Å²) in [5.74, 6) is 0.430. The topological polar surface area (TPSA) is 84.5 Å². The van der Waals surface area contributed by atoms with Crippen LogP contribution in [0.15, 0.2) is 47.4 Å². The summed E-state index contributed by atoms with van der Waals surface area (Å²) >= 11 is 0. The fourth-order valence-electron chi connectivity index (χ4n) is 3.22. The molecule has 0 unspecified atom stereocenters. The van der Waals surface area contributed by atoms with E-state index in [-0.39, 0.29) is 11.5 Å². The first-order valence-electron chi connectivity index (χ1n) is 10.8. The van der Waals surface area contributed by atoms with E-state index in [1.807, 2.05) is 42.0 Å². The number of sulfonamides is 1. The Morgan fingerprint density at radius 2 is 1.71 bits per heavy atom. The molecule has 2 aromatic carbocycles. The first-order chi connectivity index (χ1) is 14.6. The molecule has 0 bridgehead atoms. The minimum atomic E-state index is -4.09. The lowest BCUT2D eigenvalue weighted by Crippen LogP contribution is -2.31. The van der Waals surface area contributed by atoms with Crippen molar-refractivity contribution >= 4 is 21.8 Å². The predicted molar refractivity (Wildman–Crippen MR) is 126 cm³/mol. The van der Waals surface area contributed by atoms with Crippen molar-refractivity contribution in [2.45, 2.75) is 64.8 Å². The Balaban J connectivity index is 2.41. The number of hydrogen-bond acceptors (Lipinski definition) is 5. The quantitative estimate of drug-likeness (QED) is 0.465. The fraction of sp³-hybridized carbons (Fsp3) is 0.458. The van der Waals surface area contributed by atoms with Crippen LogP contribution in [0.2, 0.25) is 0 Å². The van der Waals surface area contributed by atoms with Crippen LogP contribution in [0.1, 0.15) is 53.0 Å². The highest BCUT2D eigenvalue weighted by Crippen LogP contribution is 2.30. The predicted octanol–water partition coefficient (Wildman–Crippen LogP) is 5.59. The Hall–Kier alpha value is -2.54. The maximum absolute atomic E-state index is 13.0. The number of rotatable bonds is 10. The van der Waals surface area contributed by atoms with E-state index in [0.717, 1.165) is 29.7 Å². The van der Waals surface area contributed by atoms with E-state index >= 15 is 0 Å². The molecule has 31 heavy (non-hydrogen) atoms. The van der Waals surface area contributed by atoms with Gasteiger partial charge in [0.2, 0.25) is 0 Å². The van der Waals surface area contributed by atoms with Gasteiger partial charge in [-0.2, -0.15) is 0 Å². The van der Waals surface area contributed by atoms with E-state index in [4.69, 9.17) is 4.74 Å². The molecule has 170 valence electrons. The van der Waals surface area contributed by atoms with Gasteiger partial charge in [0.25, 0.3) is 10.0 Å². The molecular weight excluding hydrogens is 412 g/mol. The molecule has 0 spiro atoms. The molecule has 2 rings (SSSR count). The molecule has 2 N–H and O–H groups in total. The van der Waals surface area contributed by atoms with Gasteiger partial charge in [-0.3, -0.25) is 0 Å². The number of ether oxygens (including phenoxy) is 1. The van der Waals surface area contributed by atoms with Crippen LogP contribution in [-0.2, 0) is 21.2 Å². The summed E-state index contributed by atoms with van der Waals surface area (Å²) in [6.07, 6.45) is 1.40. The minimum absolute atomic E-state index is 0.0528. The third-order valence-electron chi connectivity index (χ3n) is 4.58. The molecule has 0 atom stereocenters. The normalized spacial score (nSPS) is 11.6. The number of anilines is 1. The molecule has 2 aromatic rings. The van der Waals surface area contributed by atoms with Crippen molar-refractivity contribution < 1.29 is 17.9 Å². The van der Waals surface area contributed by atoms with Crippen molar-refractivity contribution in [3.63, 3.8) is 0 Å². The third kappa shape index (κ3) is 7.58. The van der Waals surface area contributed by atoms with Gasteiger partial charge >= 0.3 is 6.09 Å². The Labute approximate surface area is 186 Å². The monoisotopic (exact) mass is 446 g/mol. The summed E-state index contributed by atoms with van der Waals surface area (Å²) in [6.45, 7) is 10.5. The zero-order chi connectivity index (χ0) is 23.0. The Morgan fingerprint density at radius 3 is 2.29 bits per heavy atom. The number of amides is 1. The molecule has 0 saturated carbocycles. The molecule has 1 amide bonds. The van der Waals surface area contributed by atoms with Gasteiger partial charge in [-0.05, 0) is 68.0 Å². The van der Waals surface area contributed by atoms with Gasteiger partial charge in [0.1, 0.15) is 0 Å². The fourth-order valence-corrected chi connectivity index (χ4v) is 4.32. The van der Waals surface area contributed by atoms with Crippen LogP contribution < -0.4 is 10.0 Å². The standard InChI is InChI=1S/C24H34N2O4S/c1-6-7-14-30-24(27)26-31(28,29)23-13-8-19(15-17(2)3)16-22(23)20-9-11-21(12-10-20)25-18(4)5/h8-13,16-18,25H,6-7,14-15H2,1-5H3,(H,26,27). The van der Waals surface area contributed by atoms with Crippen molar-refractivity contribution in [3.05, 3.63) is 48.0 Å². The number of unbranched alkanes of at least 4 members (excludes halogenated alkanes) is 1. The van der Waals surface area contributed by atoms with Crippen molar-refractivity contribution in [2.24, 2.45) is 5.92 Å². The number of carbonyl (C=O) groups is 1. The molecule has 7 heteroatoms. The van der Waals surface area contributed by atoms with Crippen LogP contribution in [0.5, 0.6) is 0 Å². The highest BCUT2D eigenvalue weighted by atomic mass is 32.2. The van der Waals surface area contributed by atoms with E-state index < -0.39 is 16.1 Å². The van der Waals surface area contributed by atoms with E-state index in [9.17, 15) is 13.2 Å². The number of nitrogens with one attached hydrogen (secondary N) is 2. The molecule has 0 aliphatic rings. The van der Waals surface area contributed by atoms with Crippen LogP contribution in [0, 0.1) is 5.92 Å². The minimum Gasteiger partial charge on any atom is -0.449 e. The molecule has 0 fully saturated rings. The second-order valence-corrected chi connectivity index (χ2v) is 10.1. The second-order valence-electron chi connectivity index (χ2n) is 8.40. The molecule has 6 nitrogen and oxygen atoms in total. The zero-order valence-corrected chi connectivity index (χ0v) is 19.9.